The van der Waals surface area contributed by atoms with Gasteiger partial charge in [-0.2, -0.15) is 0 Å². The van der Waals surface area contributed by atoms with Gasteiger partial charge in [0.1, 0.15) is 0 Å². The minimum Gasteiger partial charge on any atom is -0.304 e. The van der Waals surface area contributed by atoms with Gasteiger partial charge in [0, 0.05) is 32.2 Å². The van der Waals surface area contributed by atoms with E-state index in [1.54, 1.807) is 0 Å². The molecule has 3 heteroatoms. The fourth-order valence-corrected chi connectivity index (χ4v) is 1.87. The van der Waals surface area contributed by atoms with Crippen LogP contribution in [-0.2, 0) is 0 Å². The molecule has 1 aliphatic rings. The summed E-state index contributed by atoms with van der Waals surface area (Å²) < 4.78 is 0. The summed E-state index contributed by atoms with van der Waals surface area (Å²) in [6.07, 6.45) is 1.30. The molecule has 90 valence electrons. The zero-order valence-corrected chi connectivity index (χ0v) is 10.9. The van der Waals surface area contributed by atoms with Crippen LogP contribution in [0, 0.1) is 0 Å². The Labute approximate surface area is 95.0 Å². The van der Waals surface area contributed by atoms with Crippen molar-refractivity contribution < 1.29 is 0 Å². The van der Waals surface area contributed by atoms with Crippen LogP contribution in [0.25, 0.3) is 0 Å². The van der Waals surface area contributed by atoms with E-state index in [4.69, 9.17) is 0 Å². The number of piperazine rings is 1. The first-order chi connectivity index (χ1) is 7.09. The molecule has 0 unspecified atom stereocenters. The molecule has 0 N–H and O–H groups in total. The summed E-state index contributed by atoms with van der Waals surface area (Å²) in [6, 6.07) is 0.678. The Morgan fingerprint density at radius 2 is 1.73 bits per heavy atom. The van der Waals surface area contributed by atoms with Crippen LogP contribution in [0.1, 0.15) is 20.3 Å². The standard InChI is InChI=1S/C12H27N3/c1-12(2)14(4)6-5-7-15-10-8-13(3)9-11-15/h12H,5-11H2,1-4H3. The first-order valence-electron chi connectivity index (χ1n) is 6.20. The average molecular weight is 213 g/mol. The Hall–Kier alpha value is -0.120. The van der Waals surface area contributed by atoms with Gasteiger partial charge < -0.3 is 14.7 Å². The number of hydrogen-bond donors (Lipinski definition) is 0. The second-order valence-electron chi connectivity index (χ2n) is 5.07. The van der Waals surface area contributed by atoms with Crippen LogP contribution in [0.2, 0.25) is 0 Å². The molecular formula is C12H27N3. The third kappa shape index (κ3) is 4.96. The van der Waals surface area contributed by atoms with Gasteiger partial charge in [0.15, 0.2) is 0 Å². The van der Waals surface area contributed by atoms with Crippen LogP contribution in [0.15, 0.2) is 0 Å². The van der Waals surface area contributed by atoms with E-state index in [1.165, 1.54) is 45.7 Å². The second-order valence-corrected chi connectivity index (χ2v) is 5.07. The Balaban J connectivity index is 2.05. The van der Waals surface area contributed by atoms with E-state index in [-0.39, 0.29) is 0 Å². The summed E-state index contributed by atoms with van der Waals surface area (Å²) in [6.45, 7) is 12.0. The fraction of sp³-hybridized carbons (Fsp3) is 1.00. The molecule has 1 fully saturated rings. The van der Waals surface area contributed by atoms with Gasteiger partial charge in [-0.25, -0.2) is 0 Å². The van der Waals surface area contributed by atoms with E-state index in [0.29, 0.717) is 6.04 Å². The Bertz CT molecular complexity index is 162. The maximum absolute atomic E-state index is 2.59. The third-order valence-corrected chi connectivity index (χ3v) is 3.46. The molecule has 0 aromatic carbocycles. The van der Waals surface area contributed by atoms with Crippen LogP contribution in [-0.4, -0.2) is 74.1 Å². The summed E-state index contributed by atoms with van der Waals surface area (Å²) in [7, 11) is 4.43. The minimum atomic E-state index is 0.678. The average Bonchev–Trinajstić information content (AvgIpc) is 2.20. The lowest BCUT2D eigenvalue weighted by atomic mass is 10.2. The Morgan fingerprint density at radius 3 is 2.27 bits per heavy atom. The van der Waals surface area contributed by atoms with Gasteiger partial charge in [-0.05, 0) is 47.5 Å². The van der Waals surface area contributed by atoms with Crippen molar-refractivity contribution in [1.29, 1.82) is 0 Å². The summed E-state index contributed by atoms with van der Waals surface area (Å²) in [5.74, 6) is 0. The van der Waals surface area contributed by atoms with Gasteiger partial charge in [0.2, 0.25) is 0 Å². The molecule has 0 radical (unpaired) electrons. The van der Waals surface area contributed by atoms with Crippen molar-refractivity contribution in [3.8, 4) is 0 Å². The maximum Gasteiger partial charge on any atom is 0.0110 e. The molecule has 0 aliphatic carbocycles. The zero-order chi connectivity index (χ0) is 11.3. The zero-order valence-electron chi connectivity index (χ0n) is 10.9. The van der Waals surface area contributed by atoms with Gasteiger partial charge in [-0.3, -0.25) is 0 Å². The summed E-state index contributed by atoms with van der Waals surface area (Å²) in [4.78, 5) is 7.43. The second kappa shape index (κ2) is 6.46. The first kappa shape index (κ1) is 12.9. The number of likely N-dealkylation sites (N-methyl/N-ethyl adjacent to an activating group) is 1. The number of hydrogen-bond acceptors (Lipinski definition) is 3. The van der Waals surface area contributed by atoms with Crippen LogP contribution >= 0.6 is 0 Å². The molecule has 0 amide bonds. The monoisotopic (exact) mass is 213 g/mol. The van der Waals surface area contributed by atoms with Crippen LogP contribution in [0.3, 0.4) is 0 Å². The van der Waals surface area contributed by atoms with Crippen molar-refractivity contribution in [3.05, 3.63) is 0 Å². The lowest BCUT2D eigenvalue weighted by Crippen LogP contribution is -2.45. The Morgan fingerprint density at radius 1 is 1.13 bits per heavy atom. The summed E-state index contributed by atoms with van der Waals surface area (Å²) in [5.41, 5.74) is 0. The highest BCUT2D eigenvalue weighted by Crippen LogP contribution is 2.01. The molecule has 1 heterocycles. The molecule has 0 atom stereocenters. The summed E-state index contributed by atoms with van der Waals surface area (Å²) in [5, 5.41) is 0. The van der Waals surface area contributed by atoms with E-state index in [0.717, 1.165) is 0 Å². The SMILES string of the molecule is CC(C)N(C)CCCN1CCN(C)CC1. The molecule has 15 heavy (non-hydrogen) atoms. The highest BCUT2D eigenvalue weighted by molar-refractivity contribution is 4.69. The minimum absolute atomic E-state index is 0.678. The summed E-state index contributed by atoms with van der Waals surface area (Å²) >= 11 is 0. The van der Waals surface area contributed by atoms with Crippen molar-refractivity contribution in [3.63, 3.8) is 0 Å². The molecular weight excluding hydrogens is 186 g/mol. The molecule has 0 saturated carbocycles. The van der Waals surface area contributed by atoms with Crippen molar-refractivity contribution >= 4 is 0 Å². The highest BCUT2D eigenvalue weighted by atomic mass is 15.2. The van der Waals surface area contributed by atoms with Gasteiger partial charge >= 0.3 is 0 Å². The highest BCUT2D eigenvalue weighted by Gasteiger charge is 2.13. The predicted molar refractivity (Wildman–Crippen MR) is 66.3 cm³/mol. The van der Waals surface area contributed by atoms with Crippen molar-refractivity contribution in [1.82, 2.24) is 14.7 Å². The van der Waals surface area contributed by atoms with E-state index in [2.05, 4.69) is 42.6 Å². The molecule has 1 saturated heterocycles. The van der Waals surface area contributed by atoms with Gasteiger partial charge in [-0.15, -0.1) is 0 Å². The molecule has 0 bridgehead atoms. The predicted octanol–water partition coefficient (Wildman–Crippen LogP) is 0.964. The maximum atomic E-state index is 2.59. The fourth-order valence-electron chi connectivity index (χ4n) is 1.87. The van der Waals surface area contributed by atoms with E-state index < -0.39 is 0 Å². The van der Waals surface area contributed by atoms with Crippen LogP contribution in [0.5, 0.6) is 0 Å². The lowest BCUT2D eigenvalue weighted by Gasteiger charge is -2.32. The third-order valence-electron chi connectivity index (χ3n) is 3.46. The lowest BCUT2D eigenvalue weighted by molar-refractivity contribution is 0.145. The normalized spacial score (nSPS) is 20.4. The largest absolute Gasteiger partial charge is 0.304 e. The molecule has 1 rings (SSSR count). The smallest absolute Gasteiger partial charge is 0.0110 e. The van der Waals surface area contributed by atoms with Crippen molar-refractivity contribution in [2.45, 2.75) is 26.3 Å². The number of rotatable bonds is 5. The molecule has 0 aromatic rings. The van der Waals surface area contributed by atoms with Crippen LogP contribution in [0.4, 0.5) is 0 Å². The molecule has 1 aliphatic heterocycles. The first-order valence-corrected chi connectivity index (χ1v) is 6.20. The molecule has 0 spiro atoms. The van der Waals surface area contributed by atoms with Crippen LogP contribution < -0.4 is 0 Å². The quantitative estimate of drug-likeness (QED) is 0.673. The van der Waals surface area contributed by atoms with E-state index >= 15 is 0 Å². The Kier molecular flexibility index (Phi) is 5.58. The van der Waals surface area contributed by atoms with E-state index in [1.807, 2.05) is 0 Å². The van der Waals surface area contributed by atoms with Gasteiger partial charge in [0.05, 0.1) is 0 Å². The van der Waals surface area contributed by atoms with Gasteiger partial charge in [-0.1, -0.05) is 0 Å². The molecule has 0 aromatic heterocycles. The van der Waals surface area contributed by atoms with Gasteiger partial charge in [0.25, 0.3) is 0 Å². The van der Waals surface area contributed by atoms with Crippen molar-refractivity contribution in [2.75, 3.05) is 53.4 Å². The topological polar surface area (TPSA) is 9.72 Å². The van der Waals surface area contributed by atoms with E-state index in [9.17, 15) is 0 Å². The van der Waals surface area contributed by atoms with Crippen molar-refractivity contribution in [2.24, 2.45) is 0 Å². The molecule has 3 nitrogen and oxygen atoms in total. The number of nitrogens with zero attached hydrogens (tertiary/aromatic N) is 3.